The molecule has 0 spiro atoms. The number of halogens is 1. The second-order valence-corrected chi connectivity index (χ2v) is 4.66. The van der Waals surface area contributed by atoms with E-state index in [-0.39, 0.29) is 36.5 Å². The number of benzene rings is 1. The van der Waals surface area contributed by atoms with Crippen molar-refractivity contribution in [2.75, 3.05) is 27.3 Å². The summed E-state index contributed by atoms with van der Waals surface area (Å²) in [7, 11) is 3.11. The summed E-state index contributed by atoms with van der Waals surface area (Å²) in [5, 5.41) is 13.1. The molecule has 124 valence electrons. The van der Waals surface area contributed by atoms with Gasteiger partial charge in [-0.15, -0.1) is 24.0 Å². The van der Waals surface area contributed by atoms with Crippen molar-refractivity contribution in [3.05, 3.63) is 35.9 Å². The number of aliphatic hydroxyl groups excluding tert-OH is 1. The van der Waals surface area contributed by atoms with Crippen LogP contribution in [0.25, 0.3) is 0 Å². The molecule has 0 fully saturated rings. The van der Waals surface area contributed by atoms with Gasteiger partial charge in [-0.05, 0) is 25.1 Å². The van der Waals surface area contributed by atoms with Gasteiger partial charge in [-0.1, -0.05) is 12.2 Å². The normalized spacial score (nSPS) is 12.1. The Morgan fingerprint density at radius 3 is 2.64 bits per heavy atom. The molecular weight excluding hydrogens is 397 g/mol. The van der Waals surface area contributed by atoms with E-state index >= 15 is 0 Å². The lowest BCUT2D eigenvalue weighted by Crippen LogP contribution is -2.33. The molecule has 0 heterocycles. The molecule has 0 aromatic heterocycles. The lowest BCUT2D eigenvalue weighted by molar-refractivity contribution is 0.182. The van der Waals surface area contributed by atoms with Crippen molar-refractivity contribution in [1.29, 1.82) is 0 Å². The summed E-state index contributed by atoms with van der Waals surface area (Å²) in [6.07, 6.45) is -0.833. The molecule has 0 bridgehead atoms. The Hall–Kier alpha value is -1.48. The van der Waals surface area contributed by atoms with Gasteiger partial charge < -0.3 is 25.6 Å². The largest absolute Gasteiger partial charge is 0.497 e. The van der Waals surface area contributed by atoms with Crippen molar-refractivity contribution in [3.8, 4) is 11.5 Å². The fourth-order valence-electron chi connectivity index (χ4n) is 1.68. The van der Waals surface area contributed by atoms with Gasteiger partial charge in [-0.2, -0.15) is 0 Å². The molecule has 4 N–H and O–H groups in total. The minimum Gasteiger partial charge on any atom is -0.497 e. The molecule has 22 heavy (non-hydrogen) atoms. The smallest absolute Gasteiger partial charge is 0.188 e. The van der Waals surface area contributed by atoms with E-state index in [2.05, 4.69) is 16.9 Å². The van der Waals surface area contributed by atoms with Crippen molar-refractivity contribution in [2.24, 2.45) is 10.7 Å². The molecule has 1 aromatic rings. The van der Waals surface area contributed by atoms with E-state index in [0.29, 0.717) is 23.6 Å². The number of methoxy groups -OCH3 is 2. The van der Waals surface area contributed by atoms with E-state index in [1.54, 1.807) is 32.4 Å². The van der Waals surface area contributed by atoms with Crippen LogP contribution in [0.1, 0.15) is 18.6 Å². The summed E-state index contributed by atoms with van der Waals surface area (Å²) in [5.41, 5.74) is 7.26. The fourth-order valence-corrected chi connectivity index (χ4v) is 1.68. The molecule has 7 heteroatoms. The third-order valence-corrected chi connectivity index (χ3v) is 2.80. The first-order chi connectivity index (χ1) is 9.97. The third-order valence-electron chi connectivity index (χ3n) is 2.80. The summed E-state index contributed by atoms with van der Waals surface area (Å²) in [6, 6.07) is 5.22. The number of rotatable bonds is 7. The Morgan fingerprint density at radius 1 is 1.41 bits per heavy atom. The van der Waals surface area contributed by atoms with Crippen LogP contribution in [-0.4, -0.2) is 38.4 Å². The first-order valence-electron chi connectivity index (χ1n) is 6.56. The maximum absolute atomic E-state index is 10.2. The van der Waals surface area contributed by atoms with E-state index in [1.165, 1.54) is 0 Å². The SMILES string of the molecule is C=C(C)CNC(N)=NCC(O)c1cc(OC)ccc1OC.I. The zero-order valence-corrected chi connectivity index (χ0v) is 15.5. The number of aliphatic imine (C=N–C) groups is 1. The quantitative estimate of drug-likeness (QED) is 0.271. The van der Waals surface area contributed by atoms with Crippen LogP contribution in [0.3, 0.4) is 0 Å². The van der Waals surface area contributed by atoms with Gasteiger partial charge in [-0.3, -0.25) is 4.99 Å². The number of nitrogens with zero attached hydrogens (tertiary/aromatic N) is 1. The molecule has 0 aliphatic heterocycles. The molecular formula is C15H24IN3O3. The standard InChI is InChI=1S/C15H23N3O3.HI/c1-10(2)8-17-15(16)18-9-13(19)12-7-11(20-3)5-6-14(12)21-4;/h5-7,13,19H,1,8-9H2,2-4H3,(H3,16,17,18);1H. The highest BCUT2D eigenvalue weighted by Crippen LogP contribution is 2.29. The summed E-state index contributed by atoms with van der Waals surface area (Å²) in [6.45, 7) is 6.32. The van der Waals surface area contributed by atoms with Gasteiger partial charge in [0, 0.05) is 12.1 Å². The van der Waals surface area contributed by atoms with Crippen LogP contribution in [0.15, 0.2) is 35.3 Å². The van der Waals surface area contributed by atoms with Gasteiger partial charge in [0.15, 0.2) is 5.96 Å². The molecule has 0 radical (unpaired) electrons. The average Bonchev–Trinajstić information content (AvgIpc) is 2.49. The lowest BCUT2D eigenvalue weighted by Gasteiger charge is -2.15. The number of nitrogens with two attached hydrogens (primary N) is 1. The van der Waals surface area contributed by atoms with Crippen LogP contribution in [0.2, 0.25) is 0 Å². The molecule has 0 amide bonds. The Kier molecular flexibility index (Phi) is 9.59. The maximum atomic E-state index is 10.2. The molecule has 6 nitrogen and oxygen atoms in total. The van der Waals surface area contributed by atoms with Crippen LogP contribution >= 0.6 is 24.0 Å². The minimum atomic E-state index is -0.833. The Labute approximate surface area is 148 Å². The topological polar surface area (TPSA) is 89.1 Å². The van der Waals surface area contributed by atoms with Crippen molar-refractivity contribution >= 4 is 29.9 Å². The van der Waals surface area contributed by atoms with Gasteiger partial charge in [-0.25, -0.2) is 0 Å². The minimum absolute atomic E-state index is 0. The molecule has 0 saturated heterocycles. The first kappa shape index (κ1) is 20.5. The van der Waals surface area contributed by atoms with Crippen molar-refractivity contribution in [1.82, 2.24) is 5.32 Å². The van der Waals surface area contributed by atoms with Gasteiger partial charge >= 0.3 is 0 Å². The van der Waals surface area contributed by atoms with Crippen molar-refractivity contribution in [3.63, 3.8) is 0 Å². The van der Waals surface area contributed by atoms with Crippen LogP contribution in [0.4, 0.5) is 0 Å². The van der Waals surface area contributed by atoms with Gasteiger partial charge in [0.25, 0.3) is 0 Å². The molecule has 0 aliphatic rings. The number of ether oxygens (including phenoxy) is 2. The average molecular weight is 421 g/mol. The fraction of sp³-hybridized carbons (Fsp3) is 0.400. The Balaban J connectivity index is 0.00000441. The zero-order chi connectivity index (χ0) is 15.8. The van der Waals surface area contributed by atoms with Crippen LogP contribution in [-0.2, 0) is 0 Å². The summed E-state index contributed by atoms with van der Waals surface area (Å²) in [5.74, 6) is 1.48. The highest BCUT2D eigenvalue weighted by molar-refractivity contribution is 14.0. The highest BCUT2D eigenvalue weighted by atomic mass is 127. The molecule has 1 unspecified atom stereocenters. The Morgan fingerprint density at radius 2 is 2.09 bits per heavy atom. The van der Waals surface area contributed by atoms with Crippen LogP contribution < -0.4 is 20.5 Å². The second kappa shape index (κ2) is 10.3. The number of hydrogen-bond donors (Lipinski definition) is 3. The van der Waals surface area contributed by atoms with E-state index < -0.39 is 6.10 Å². The zero-order valence-electron chi connectivity index (χ0n) is 13.1. The van der Waals surface area contributed by atoms with E-state index in [9.17, 15) is 5.11 Å². The number of guanidine groups is 1. The summed E-state index contributed by atoms with van der Waals surface area (Å²) in [4.78, 5) is 4.10. The number of hydrogen-bond acceptors (Lipinski definition) is 4. The monoisotopic (exact) mass is 421 g/mol. The van der Waals surface area contributed by atoms with E-state index in [0.717, 1.165) is 5.57 Å². The third kappa shape index (κ3) is 6.52. The second-order valence-electron chi connectivity index (χ2n) is 4.66. The van der Waals surface area contributed by atoms with Crippen molar-refractivity contribution in [2.45, 2.75) is 13.0 Å². The van der Waals surface area contributed by atoms with E-state index in [1.807, 2.05) is 6.92 Å². The van der Waals surface area contributed by atoms with Crippen LogP contribution in [0, 0.1) is 0 Å². The molecule has 1 aromatic carbocycles. The number of nitrogens with one attached hydrogen (secondary N) is 1. The van der Waals surface area contributed by atoms with Gasteiger partial charge in [0.05, 0.1) is 20.8 Å². The first-order valence-corrected chi connectivity index (χ1v) is 6.56. The van der Waals surface area contributed by atoms with Gasteiger partial charge in [0.1, 0.15) is 17.6 Å². The predicted molar refractivity (Wildman–Crippen MR) is 99.2 cm³/mol. The van der Waals surface area contributed by atoms with Gasteiger partial charge in [0.2, 0.25) is 0 Å². The Bertz CT molecular complexity index is 521. The van der Waals surface area contributed by atoms with Crippen molar-refractivity contribution < 1.29 is 14.6 Å². The van der Waals surface area contributed by atoms with Crippen LogP contribution in [0.5, 0.6) is 11.5 Å². The highest BCUT2D eigenvalue weighted by Gasteiger charge is 2.14. The predicted octanol–water partition coefficient (Wildman–Crippen LogP) is 1.84. The summed E-state index contributed by atoms with van der Waals surface area (Å²) >= 11 is 0. The number of aliphatic hydroxyl groups is 1. The molecule has 1 atom stereocenters. The maximum Gasteiger partial charge on any atom is 0.188 e. The molecule has 1 rings (SSSR count). The molecule has 0 saturated carbocycles. The lowest BCUT2D eigenvalue weighted by atomic mass is 10.1. The summed E-state index contributed by atoms with van der Waals surface area (Å²) < 4.78 is 10.4. The van der Waals surface area contributed by atoms with E-state index in [4.69, 9.17) is 15.2 Å². The molecule has 0 aliphatic carbocycles.